The lowest BCUT2D eigenvalue weighted by molar-refractivity contribution is -0.328. The average molecular weight is 346 g/mol. The zero-order valence-electron chi connectivity index (χ0n) is 13.8. The molecule has 8 heteroatoms. The topological polar surface area (TPSA) is 137 Å². The molecule has 1 aliphatic heterocycles. The van der Waals surface area contributed by atoms with Crippen LogP contribution in [0.15, 0.2) is 11.6 Å². The van der Waals surface area contributed by atoms with Gasteiger partial charge in [-0.1, -0.05) is 6.08 Å². The molecule has 6 atom stereocenters. The second-order valence-corrected chi connectivity index (χ2v) is 6.92. The Bertz CT molecular complexity index is 486. The van der Waals surface area contributed by atoms with Gasteiger partial charge in [0.25, 0.3) is 0 Å². The van der Waals surface area contributed by atoms with E-state index in [9.17, 15) is 25.2 Å². The molecule has 0 amide bonds. The van der Waals surface area contributed by atoms with Crippen LogP contribution in [0, 0.1) is 5.92 Å². The number of hydrogen-bond donors (Lipinski definition) is 5. The molecule has 1 heterocycles. The van der Waals surface area contributed by atoms with Gasteiger partial charge >= 0.3 is 5.97 Å². The summed E-state index contributed by atoms with van der Waals surface area (Å²) in [4.78, 5) is 11.0. The van der Waals surface area contributed by atoms with E-state index in [-0.39, 0.29) is 5.92 Å². The number of aliphatic hydroxyl groups is 4. The van der Waals surface area contributed by atoms with Gasteiger partial charge < -0.3 is 35.0 Å². The first-order chi connectivity index (χ1) is 11.2. The molecule has 0 aromatic rings. The number of carbonyl (C=O) groups is 1. The highest BCUT2D eigenvalue weighted by atomic mass is 16.7. The SMILES string of the molecule is CC(C)(O[C@@H]1O[C@H](CO)[C@@H](O)[C@H](O)[C@H]1O)[C@@H]1CC=C(C(=O)O)CC1. The first kappa shape index (κ1) is 19.3. The lowest BCUT2D eigenvalue weighted by atomic mass is 9.79. The van der Waals surface area contributed by atoms with Crippen LogP contribution in [0.1, 0.15) is 33.1 Å². The molecule has 2 rings (SSSR count). The Hall–Kier alpha value is -1.03. The van der Waals surface area contributed by atoms with Crippen LogP contribution in [0.2, 0.25) is 0 Å². The van der Waals surface area contributed by atoms with Gasteiger partial charge in [0.05, 0.1) is 12.2 Å². The molecule has 5 N–H and O–H groups in total. The average Bonchev–Trinajstić information content (AvgIpc) is 2.55. The summed E-state index contributed by atoms with van der Waals surface area (Å²) in [6, 6.07) is 0. The molecular formula is C16H26O8. The van der Waals surface area contributed by atoms with Crippen molar-refractivity contribution in [3.05, 3.63) is 11.6 Å². The predicted molar refractivity (Wildman–Crippen MR) is 82.0 cm³/mol. The summed E-state index contributed by atoms with van der Waals surface area (Å²) >= 11 is 0. The Kier molecular flexibility index (Phi) is 6.00. The maximum Gasteiger partial charge on any atom is 0.331 e. The molecule has 0 bridgehead atoms. The van der Waals surface area contributed by atoms with Gasteiger partial charge in [0.2, 0.25) is 0 Å². The van der Waals surface area contributed by atoms with Crippen LogP contribution in [0.4, 0.5) is 0 Å². The third-order valence-corrected chi connectivity index (χ3v) is 4.94. The number of carboxylic acids is 1. The molecule has 0 unspecified atom stereocenters. The number of rotatable bonds is 5. The quantitative estimate of drug-likeness (QED) is 0.445. The number of ether oxygens (including phenoxy) is 2. The van der Waals surface area contributed by atoms with E-state index in [0.717, 1.165) is 0 Å². The van der Waals surface area contributed by atoms with Crippen molar-refractivity contribution in [1.82, 2.24) is 0 Å². The van der Waals surface area contributed by atoms with E-state index < -0.39 is 48.9 Å². The summed E-state index contributed by atoms with van der Waals surface area (Å²) in [6.07, 6.45) is -3.33. The van der Waals surface area contributed by atoms with E-state index in [1.807, 2.05) is 0 Å². The fourth-order valence-electron chi connectivity index (χ4n) is 3.22. The van der Waals surface area contributed by atoms with Crippen molar-refractivity contribution in [2.24, 2.45) is 5.92 Å². The molecule has 0 spiro atoms. The van der Waals surface area contributed by atoms with Crippen molar-refractivity contribution >= 4 is 5.97 Å². The largest absolute Gasteiger partial charge is 0.478 e. The van der Waals surface area contributed by atoms with E-state index in [0.29, 0.717) is 24.8 Å². The Labute approximate surface area is 140 Å². The number of carboxylic acid groups (broad SMARTS) is 1. The molecule has 138 valence electrons. The van der Waals surface area contributed by atoms with Crippen molar-refractivity contribution in [2.45, 2.75) is 69.4 Å². The summed E-state index contributed by atoms with van der Waals surface area (Å²) in [6.45, 7) is 3.09. The normalized spacial score (nSPS) is 37.8. The summed E-state index contributed by atoms with van der Waals surface area (Å²) in [5, 5.41) is 47.9. The lowest BCUT2D eigenvalue weighted by Gasteiger charge is -2.45. The lowest BCUT2D eigenvalue weighted by Crippen LogP contribution is -2.60. The molecular weight excluding hydrogens is 320 g/mol. The van der Waals surface area contributed by atoms with Crippen LogP contribution in [0.5, 0.6) is 0 Å². The van der Waals surface area contributed by atoms with Gasteiger partial charge in [0.1, 0.15) is 24.4 Å². The summed E-state index contributed by atoms with van der Waals surface area (Å²) in [5.74, 6) is -0.908. The first-order valence-electron chi connectivity index (χ1n) is 8.08. The van der Waals surface area contributed by atoms with E-state index in [4.69, 9.17) is 14.6 Å². The number of hydrogen-bond acceptors (Lipinski definition) is 7. The van der Waals surface area contributed by atoms with E-state index in [2.05, 4.69) is 0 Å². The minimum absolute atomic E-state index is 0.00738. The molecule has 0 aromatic carbocycles. The van der Waals surface area contributed by atoms with Crippen LogP contribution in [0.3, 0.4) is 0 Å². The van der Waals surface area contributed by atoms with Gasteiger partial charge in [-0.15, -0.1) is 0 Å². The molecule has 0 radical (unpaired) electrons. The number of aliphatic hydroxyl groups excluding tert-OH is 4. The van der Waals surface area contributed by atoms with Crippen molar-refractivity contribution < 1.29 is 39.8 Å². The van der Waals surface area contributed by atoms with Gasteiger partial charge in [-0.2, -0.15) is 0 Å². The maximum atomic E-state index is 11.0. The van der Waals surface area contributed by atoms with Crippen LogP contribution >= 0.6 is 0 Å². The van der Waals surface area contributed by atoms with E-state index in [1.165, 1.54) is 0 Å². The molecule has 1 aliphatic carbocycles. The fraction of sp³-hybridized carbons (Fsp3) is 0.812. The third-order valence-electron chi connectivity index (χ3n) is 4.94. The maximum absolute atomic E-state index is 11.0. The Morgan fingerprint density at radius 1 is 1.29 bits per heavy atom. The predicted octanol–water partition coefficient (Wildman–Crippen LogP) is -0.607. The molecule has 24 heavy (non-hydrogen) atoms. The Balaban J connectivity index is 2.04. The summed E-state index contributed by atoms with van der Waals surface area (Å²) in [7, 11) is 0. The second-order valence-electron chi connectivity index (χ2n) is 6.92. The smallest absolute Gasteiger partial charge is 0.331 e. The van der Waals surface area contributed by atoms with Gasteiger partial charge in [-0.05, 0) is 39.0 Å². The highest BCUT2D eigenvalue weighted by Gasteiger charge is 2.47. The first-order valence-corrected chi connectivity index (χ1v) is 8.08. The molecule has 0 aromatic heterocycles. The third kappa shape index (κ3) is 3.96. The van der Waals surface area contributed by atoms with Gasteiger partial charge in [-0.25, -0.2) is 4.79 Å². The van der Waals surface area contributed by atoms with Gasteiger partial charge in [0.15, 0.2) is 6.29 Å². The number of aliphatic carboxylic acids is 1. The molecule has 1 fully saturated rings. The highest BCUT2D eigenvalue weighted by Crippen LogP contribution is 2.36. The monoisotopic (exact) mass is 346 g/mol. The van der Waals surface area contributed by atoms with Crippen LogP contribution < -0.4 is 0 Å². The Morgan fingerprint density at radius 3 is 2.46 bits per heavy atom. The van der Waals surface area contributed by atoms with Crippen molar-refractivity contribution in [3.8, 4) is 0 Å². The number of allylic oxidation sites excluding steroid dienone is 1. The minimum Gasteiger partial charge on any atom is -0.478 e. The van der Waals surface area contributed by atoms with Crippen LogP contribution in [0.25, 0.3) is 0 Å². The highest BCUT2D eigenvalue weighted by molar-refractivity contribution is 5.86. The summed E-state index contributed by atoms with van der Waals surface area (Å²) in [5.41, 5.74) is -0.372. The van der Waals surface area contributed by atoms with Crippen molar-refractivity contribution in [2.75, 3.05) is 6.61 Å². The molecule has 8 nitrogen and oxygen atoms in total. The van der Waals surface area contributed by atoms with Crippen molar-refractivity contribution in [1.29, 1.82) is 0 Å². The van der Waals surface area contributed by atoms with Gasteiger partial charge in [0, 0.05) is 5.57 Å². The molecule has 1 saturated heterocycles. The minimum atomic E-state index is -1.48. The summed E-state index contributed by atoms with van der Waals surface area (Å²) < 4.78 is 11.2. The zero-order chi connectivity index (χ0) is 18.1. The van der Waals surface area contributed by atoms with Crippen LogP contribution in [-0.4, -0.2) is 74.4 Å². The van der Waals surface area contributed by atoms with Crippen LogP contribution in [-0.2, 0) is 14.3 Å². The van der Waals surface area contributed by atoms with E-state index >= 15 is 0 Å². The zero-order valence-corrected chi connectivity index (χ0v) is 13.8. The fourth-order valence-corrected chi connectivity index (χ4v) is 3.22. The second kappa shape index (κ2) is 7.47. The van der Waals surface area contributed by atoms with Gasteiger partial charge in [-0.3, -0.25) is 0 Å². The Morgan fingerprint density at radius 2 is 1.96 bits per heavy atom. The standard InChI is InChI=1S/C16H26O8/c1-16(2,9-5-3-8(4-6-9)14(21)22)24-15-13(20)12(19)11(18)10(7-17)23-15/h3,9-13,15,17-20H,4-7H2,1-2H3,(H,21,22)/t9-,10-,11-,12+,13-,15+/m1/s1. The molecule has 2 aliphatic rings. The molecule has 0 saturated carbocycles. The van der Waals surface area contributed by atoms with Crippen molar-refractivity contribution in [3.63, 3.8) is 0 Å². The van der Waals surface area contributed by atoms with E-state index in [1.54, 1.807) is 19.9 Å².